The fourth-order valence-electron chi connectivity index (χ4n) is 2.67. The molecule has 0 aromatic carbocycles. The Labute approximate surface area is 141 Å². The average molecular weight is 336 g/mol. The van der Waals surface area contributed by atoms with Gasteiger partial charge in [0.25, 0.3) is 5.91 Å². The maximum absolute atomic E-state index is 12.3. The number of hydrogen-bond acceptors (Lipinski definition) is 4. The van der Waals surface area contributed by atoms with Gasteiger partial charge in [-0.3, -0.25) is 4.79 Å². The average Bonchev–Trinajstić information content (AvgIpc) is 2.59. The number of piperidine rings is 1. The van der Waals surface area contributed by atoms with Crippen LogP contribution in [0.15, 0.2) is 23.4 Å². The standard InChI is InChI=1S/C16H24N4O2S/c1-19(2)16(22)20-9-6-12(7-10-20)11-18-14(21)13-5-4-8-17-15(13)23-3/h4-5,8,12H,6-7,9-11H2,1-3H3,(H,18,21). The van der Waals surface area contributed by atoms with Gasteiger partial charge in [-0.2, -0.15) is 0 Å². The molecule has 1 saturated heterocycles. The third-order valence-corrected chi connectivity index (χ3v) is 4.74. The summed E-state index contributed by atoms with van der Waals surface area (Å²) in [5.41, 5.74) is 0.625. The summed E-state index contributed by atoms with van der Waals surface area (Å²) >= 11 is 1.47. The molecule has 1 aromatic heterocycles. The number of amides is 3. The van der Waals surface area contributed by atoms with Crippen molar-refractivity contribution < 1.29 is 9.59 Å². The molecule has 1 N–H and O–H groups in total. The van der Waals surface area contributed by atoms with Crippen molar-refractivity contribution in [2.24, 2.45) is 5.92 Å². The lowest BCUT2D eigenvalue weighted by molar-refractivity contribution is 0.0932. The van der Waals surface area contributed by atoms with Crippen LogP contribution in [-0.2, 0) is 0 Å². The van der Waals surface area contributed by atoms with Crippen molar-refractivity contribution in [3.63, 3.8) is 0 Å². The normalized spacial score (nSPS) is 15.3. The zero-order chi connectivity index (χ0) is 16.8. The molecule has 1 fully saturated rings. The van der Waals surface area contributed by atoms with Crippen LogP contribution in [0.3, 0.4) is 0 Å². The fraction of sp³-hybridized carbons (Fsp3) is 0.562. The molecule has 2 rings (SSSR count). The number of nitrogens with one attached hydrogen (secondary N) is 1. The Balaban J connectivity index is 1.81. The first kappa shape index (κ1) is 17.6. The Bertz CT molecular complexity index is 557. The summed E-state index contributed by atoms with van der Waals surface area (Å²) in [7, 11) is 3.54. The number of carbonyl (C=O) groups is 2. The number of urea groups is 1. The molecule has 23 heavy (non-hydrogen) atoms. The van der Waals surface area contributed by atoms with Crippen LogP contribution in [0.4, 0.5) is 4.79 Å². The quantitative estimate of drug-likeness (QED) is 0.853. The summed E-state index contributed by atoms with van der Waals surface area (Å²) in [6.07, 6.45) is 5.45. The summed E-state index contributed by atoms with van der Waals surface area (Å²) in [6.45, 7) is 2.15. The molecule has 3 amide bonds. The number of likely N-dealkylation sites (tertiary alicyclic amines) is 1. The van der Waals surface area contributed by atoms with Crippen molar-refractivity contribution >= 4 is 23.7 Å². The molecule has 0 radical (unpaired) electrons. The lowest BCUT2D eigenvalue weighted by Gasteiger charge is -2.33. The molecule has 0 aliphatic carbocycles. The molecule has 0 spiro atoms. The van der Waals surface area contributed by atoms with E-state index >= 15 is 0 Å². The number of rotatable bonds is 4. The molecule has 1 aliphatic heterocycles. The van der Waals surface area contributed by atoms with Gasteiger partial charge in [-0.25, -0.2) is 9.78 Å². The molecular formula is C16H24N4O2S. The number of nitrogens with zero attached hydrogens (tertiary/aromatic N) is 3. The van der Waals surface area contributed by atoms with Crippen molar-refractivity contribution in [3.8, 4) is 0 Å². The van der Waals surface area contributed by atoms with Crippen LogP contribution in [0, 0.1) is 5.92 Å². The first-order valence-electron chi connectivity index (χ1n) is 7.76. The molecule has 0 atom stereocenters. The van der Waals surface area contributed by atoms with E-state index in [4.69, 9.17) is 0 Å². The van der Waals surface area contributed by atoms with Crippen molar-refractivity contribution in [1.82, 2.24) is 20.1 Å². The van der Waals surface area contributed by atoms with Crippen molar-refractivity contribution in [1.29, 1.82) is 0 Å². The summed E-state index contributed by atoms with van der Waals surface area (Å²) in [4.78, 5) is 31.9. The van der Waals surface area contributed by atoms with Crippen molar-refractivity contribution in [2.75, 3.05) is 40.0 Å². The molecule has 1 aromatic rings. The van der Waals surface area contributed by atoms with Crippen molar-refractivity contribution in [2.45, 2.75) is 17.9 Å². The number of hydrogen-bond donors (Lipinski definition) is 1. The van der Waals surface area contributed by atoms with Gasteiger partial charge in [-0.15, -0.1) is 11.8 Å². The van der Waals surface area contributed by atoms with Crippen LogP contribution in [0.5, 0.6) is 0 Å². The van der Waals surface area contributed by atoms with Crippen LogP contribution < -0.4 is 5.32 Å². The highest BCUT2D eigenvalue weighted by Gasteiger charge is 2.24. The van der Waals surface area contributed by atoms with Crippen LogP contribution >= 0.6 is 11.8 Å². The monoisotopic (exact) mass is 336 g/mol. The van der Waals surface area contributed by atoms with E-state index in [2.05, 4.69) is 10.3 Å². The van der Waals surface area contributed by atoms with Gasteiger partial charge >= 0.3 is 6.03 Å². The van der Waals surface area contributed by atoms with Crippen molar-refractivity contribution in [3.05, 3.63) is 23.9 Å². The van der Waals surface area contributed by atoms with E-state index in [1.54, 1.807) is 37.3 Å². The second-order valence-electron chi connectivity index (χ2n) is 5.88. The van der Waals surface area contributed by atoms with E-state index < -0.39 is 0 Å². The second kappa shape index (κ2) is 8.19. The third kappa shape index (κ3) is 4.60. The van der Waals surface area contributed by atoms with E-state index in [1.165, 1.54) is 11.8 Å². The Morgan fingerprint density at radius 3 is 2.70 bits per heavy atom. The van der Waals surface area contributed by atoms with Gasteiger partial charge in [0.15, 0.2) is 0 Å². The molecule has 0 unspecified atom stereocenters. The summed E-state index contributed by atoms with van der Waals surface area (Å²) in [5, 5.41) is 3.75. The first-order chi connectivity index (χ1) is 11.0. The summed E-state index contributed by atoms with van der Waals surface area (Å²) in [5.74, 6) is 0.341. The van der Waals surface area contributed by atoms with Gasteiger partial charge in [0.1, 0.15) is 5.03 Å². The zero-order valence-corrected chi connectivity index (χ0v) is 14.7. The number of aromatic nitrogens is 1. The van der Waals surface area contributed by atoms with E-state index in [1.807, 2.05) is 11.2 Å². The molecular weight excluding hydrogens is 312 g/mol. The zero-order valence-electron chi connectivity index (χ0n) is 13.9. The molecule has 126 valence electrons. The van der Waals surface area contributed by atoms with Gasteiger partial charge in [-0.05, 0) is 37.1 Å². The highest BCUT2D eigenvalue weighted by atomic mass is 32.2. The minimum absolute atomic E-state index is 0.0625. The van der Waals surface area contributed by atoms with Gasteiger partial charge in [0, 0.05) is 39.9 Å². The van der Waals surface area contributed by atoms with Crippen LogP contribution in [-0.4, -0.2) is 66.7 Å². The maximum Gasteiger partial charge on any atom is 0.319 e. The number of carbonyl (C=O) groups excluding carboxylic acids is 2. The largest absolute Gasteiger partial charge is 0.352 e. The van der Waals surface area contributed by atoms with Gasteiger partial charge in [0.05, 0.1) is 5.56 Å². The van der Waals surface area contributed by atoms with Crippen LogP contribution in [0.25, 0.3) is 0 Å². The Kier molecular flexibility index (Phi) is 6.27. The lowest BCUT2D eigenvalue weighted by Crippen LogP contribution is -2.45. The predicted molar refractivity (Wildman–Crippen MR) is 91.7 cm³/mol. The van der Waals surface area contributed by atoms with E-state index in [-0.39, 0.29) is 11.9 Å². The van der Waals surface area contributed by atoms with E-state index in [0.29, 0.717) is 18.0 Å². The topological polar surface area (TPSA) is 65.5 Å². The lowest BCUT2D eigenvalue weighted by atomic mass is 9.97. The van der Waals surface area contributed by atoms with Gasteiger partial charge in [-0.1, -0.05) is 0 Å². The Hall–Kier alpha value is -1.76. The summed E-state index contributed by atoms with van der Waals surface area (Å²) in [6, 6.07) is 3.64. The minimum atomic E-state index is -0.0748. The van der Waals surface area contributed by atoms with E-state index in [9.17, 15) is 9.59 Å². The van der Waals surface area contributed by atoms with Gasteiger partial charge in [0.2, 0.25) is 0 Å². The minimum Gasteiger partial charge on any atom is -0.352 e. The SMILES string of the molecule is CSc1ncccc1C(=O)NCC1CCN(C(=O)N(C)C)CC1. The van der Waals surface area contributed by atoms with E-state index in [0.717, 1.165) is 31.0 Å². The second-order valence-corrected chi connectivity index (χ2v) is 6.67. The molecule has 0 saturated carbocycles. The molecule has 0 bridgehead atoms. The molecule has 6 nitrogen and oxygen atoms in total. The Morgan fingerprint density at radius 2 is 2.09 bits per heavy atom. The highest BCUT2D eigenvalue weighted by Crippen LogP contribution is 2.19. The fourth-order valence-corrected chi connectivity index (χ4v) is 3.22. The highest BCUT2D eigenvalue weighted by molar-refractivity contribution is 7.98. The molecule has 1 aliphatic rings. The Morgan fingerprint density at radius 1 is 1.39 bits per heavy atom. The third-order valence-electron chi connectivity index (χ3n) is 4.03. The smallest absolute Gasteiger partial charge is 0.319 e. The predicted octanol–water partition coefficient (Wildman–Crippen LogP) is 1.93. The van der Waals surface area contributed by atoms with Crippen LogP contribution in [0.1, 0.15) is 23.2 Å². The molecule has 2 heterocycles. The number of pyridine rings is 1. The first-order valence-corrected chi connectivity index (χ1v) is 8.98. The number of thioether (sulfide) groups is 1. The molecule has 7 heteroatoms. The maximum atomic E-state index is 12.3. The van der Waals surface area contributed by atoms with Gasteiger partial charge < -0.3 is 15.1 Å². The summed E-state index contributed by atoms with van der Waals surface area (Å²) < 4.78 is 0. The van der Waals surface area contributed by atoms with Crippen LogP contribution in [0.2, 0.25) is 0 Å².